The molecular formula is C28H33N3O5S. The number of sulfonamides is 1. The lowest BCUT2D eigenvalue weighted by Gasteiger charge is -2.26. The van der Waals surface area contributed by atoms with E-state index in [0.717, 1.165) is 26.6 Å². The Morgan fingerprint density at radius 1 is 0.946 bits per heavy atom. The summed E-state index contributed by atoms with van der Waals surface area (Å²) in [5, 5.41) is 4.30. The molecule has 1 amide bonds. The van der Waals surface area contributed by atoms with Crippen LogP contribution < -0.4 is 19.2 Å². The van der Waals surface area contributed by atoms with E-state index in [0.29, 0.717) is 29.3 Å². The predicted molar refractivity (Wildman–Crippen MR) is 146 cm³/mol. The van der Waals surface area contributed by atoms with Crippen LogP contribution in [0.4, 0.5) is 5.69 Å². The van der Waals surface area contributed by atoms with Gasteiger partial charge in [0.25, 0.3) is 15.9 Å². The van der Waals surface area contributed by atoms with Crippen molar-refractivity contribution in [3.8, 4) is 11.5 Å². The standard InChI is InChI=1S/C28H33N3O5S/c1-7-24(22-13-16-26(35-5)27(17-22)36-6)29-30-28(32)18-31(25-10-8-9-20(3)21(25)4)37(33,34)23-14-11-19(2)12-15-23/h8-17H,7,18H2,1-6H3,(H,30,32)/b29-24-. The van der Waals surface area contributed by atoms with Crippen molar-refractivity contribution in [2.75, 3.05) is 25.1 Å². The number of benzene rings is 3. The van der Waals surface area contributed by atoms with Gasteiger partial charge in [-0.1, -0.05) is 36.8 Å². The molecule has 0 saturated heterocycles. The summed E-state index contributed by atoms with van der Waals surface area (Å²) in [7, 11) is -0.926. The average molecular weight is 524 g/mol. The largest absolute Gasteiger partial charge is 0.493 e. The molecule has 0 aromatic heterocycles. The number of amides is 1. The van der Waals surface area contributed by atoms with Crippen molar-refractivity contribution in [1.29, 1.82) is 0 Å². The molecule has 0 unspecified atom stereocenters. The van der Waals surface area contributed by atoms with Crippen molar-refractivity contribution < 1.29 is 22.7 Å². The number of hydrogen-bond acceptors (Lipinski definition) is 6. The van der Waals surface area contributed by atoms with Gasteiger partial charge in [-0.25, -0.2) is 13.8 Å². The van der Waals surface area contributed by atoms with Gasteiger partial charge in [0.15, 0.2) is 11.5 Å². The van der Waals surface area contributed by atoms with Crippen LogP contribution in [0.15, 0.2) is 70.7 Å². The fourth-order valence-corrected chi connectivity index (χ4v) is 5.28. The lowest BCUT2D eigenvalue weighted by Crippen LogP contribution is -2.40. The first kappa shape index (κ1) is 27.7. The van der Waals surface area contributed by atoms with E-state index in [1.54, 1.807) is 62.8 Å². The Bertz CT molecular complexity index is 1400. The normalized spacial score (nSPS) is 11.7. The van der Waals surface area contributed by atoms with Gasteiger partial charge in [-0.05, 0) is 74.7 Å². The number of rotatable bonds is 10. The summed E-state index contributed by atoms with van der Waals surface area (Å²) < 4.78 is 39.1. The first-order chi connectivity index (χ1) is 17.6. The first-order valence-electron chi connectivity index (χ1n) is 11.9. The van der Waals surface area contributed by atoms with Gasteiger partial charge in [-0.3, -0.25) is 9.10 Å². The van der Waals surface area contributed by atoms with E-state index in [-0.39, 0.29) is 4.90 Å². The van der Waals surface area contributed by atoms with Gasteiger partial charge in [0.05, 0.1) is 30.5 Å². The Labute approximate surface area is 219 Å². The fraction of sp³-hybridized carbons (Fsp3) is 0.286. The molecule has 0 radical (unpaired) electrons. The zero-order chi connectivity index (χ0) is 27.2. The van der Waals surface area contributed by atoms with Crippen LogP contribution in [-0.4, -0.2) is 40.8 Å². The van der Waals surface area contributed by atoms with Gasteiger partial charge in [0.2, 0.25) is 0 Å². The summed E-state index contributed by atoms with van der Waals surface area (Å²) in [6, 6.07) is 17.3. The summed E-state index contributed by atoms with van der Waals surface area (Å²) in [6.07, 6.45) is 0.526. The topological polar surface area (TPSA) is 97.3 Å². The second-order valence-electron chi connectivity index (χ2n) is 8.56. The first-order valence-corrected chi connectivity index (χ1v) is 13.3. The minimum atomic E-state index is -4.02. The second-order valence-corrected chi connectivity index (χ2v) is 10.4. The van der Waals surface area contributed by atoms with Gasteiger partial charge in [-0.15, -0.1) is 0 Å². The zero-order valence-corrected chi connectivity index (χ0v) is 22.8. The monoisotopic (exact) mass is 523 g/mol. The number of aryl methyl sites for hydroxylation is 2. The Kier molecular flexibility index (Phi) is 8.94. The number of ether oxygens (including phenoxy) is 2. The third-order valence-electron chi connectivity index (χ3n) is 6.11. The molecule has 0 bridgehead atoms. The maximum atomic E-state index is 13.7. The molecule has 0 saturated carbocycles. The molecule has 0 fully saturated rings. The van der Waals surface area contributed by atoms with Gasteiger partial charge in [0, 0.05) is 5.56 Å². The molecule has 1 N–H and O–H groups in total. The van der Waals surface area contributed by atoms with E-state index in [2.05, 4.69) is 10.5 Å². The Hall–Kier alpha value is -3.85. The van der Waals surface area contributed by atoms with Crippen LogP contribution in [0.1, 0.15) is 35.6 Å². The van der Waals surface area contributed by atoms with Crippen LogP contribution in [0, 0.1) is 20.8 Å². The van der Waals surface area contributed by atoms with Gasteiger partial charge >= 0.3 is 0 Å². The molecule has 0 heterocycles. The Morgan fingerprint density at radius 2 is 1.62 bits per heavy atom. The molecule has 3 aromatic rings. The molecule has 8 nitrogen and oxygen atoms in total. The number of carbonyl (C=O) groups excluding carboxylic acids is 1. The molecule has 3 rings (SSSR count). The molecule has 9 heteroatoms. The van der Waals surface area contributed by atoms with Crippen molar-refractivity contribution >= 4 is 27.3 Å². The lowest BCUT2D eigenvalue weighted by atomic mass is 10.1. The van der Waals surface area contributed by atoms with Crippen LogP contribution >= 0.6 is 0 Å². The Morgan fingerprint density at radius 3 is 2.24 bits per heavy atom. The molecule has 3 aromatic carbocycles. The van der Waals surface area contributed by atoms with Crippen LogP contribution in [0.2, 0.25) is 0 Å². The van der Waals surface area contributed by atoms with Crippen molar-refractivity contribution in [3.63, 3.8) is 0 Å². The minimum absolute atomic E-state index is 0.106. The van der Waals surface area contributed by atoms with E-state index in [1.165, 1.54) is 0 Å². The highest BCUT2D eigenvalue weighted by atomic mass is 32.2. The van der Waals surface area contributed by atoms with Crippen LogP contribution in [0.3, 0.4) is 0 Å². The second kappa shape index (κ2) is 11.9. The number of hydrazone groups is 1. The number of nitrogens with zero attached hydrogens (tertiary/aromatic N) is 2. The van der Waals surface area contributed by atoms with Crippen LogP contribution in [0.5, 0.6) is 11.5 Å². The quantitative estimate of drug-likeness (QED) is 0.305. The molecule has 0 spiro atoms. The summed E-state index contributed by atoms with van der Waals surface area (Å²) in [4.78, 5) is 13.2. The maximum absolute atomic E-state index is 13.7. The smallest absolute Gasteiger partial charge is 0.264 e. The average Bonchev–Trinajstić information content (AvgIpc) is 2.89. The van der Waals surface area contributed by atoms with Gasteiger partial charge in [0.1, 0.15) is 6.54 Å². The highest BCUT2D eigenvalue weighted by molar-refractivity contribution is 7.92. The number of nitrogens with one attached hydrogen (secondary N) is 1. The molecule has 0 aliphatic carbocycles. The Balaban J connectivity index is 1.93. The van der Waals surface area contributed by atoms with Crippen LogP contribution in [-0.2, 0) is 14.8 Å². The number of carbonyl (C=O) groups is 1. The van der Waals surface area contributed by atoms with E-state index in [9.17, 15) is 13.2 Å². The highest BCUT2D eigenvalue weighted by Gasteiger charge is 2.28. The fourth-order valence-electron chi connectivity index (χ4n) is 3.80. The predicted octanol–water partition coefficient (Wildman–Crippen LogP) is 4.75. The number of methoxy groups -OCH3 is 2. The molecule has 37 heavy (non-hydrogen) atoms. The molecule has 0 aliphatic heterocycles. The number of anilines is 1. The van der Waals surface area contributed by atoms with E-state index < -0.39 is 22.5 Å². The van der Waals surface area contributed by atoms with Gasteiger partial charge in [-0.2, -0.15) is 5.10 Å². The zero-order valence-electron chi connectivity index (χ0n) is 22.0. The van der Waals surface area contributed by atoms with E-state index >= 15 is 0 Å². The third-order valence-corrected chi connectivity index (χ3v) is 7.88. The highest BCUT2D eigenvalue weighted by Crippen LogP contribution is 2.29. The third kappa shape index (κ3) is 6.29. The van der Waals surface area contributed by atoms with Crippen molar-refractivity contribution in [2.45, 2.75) is 39.0 Å². The van der Waals surface area contributed by atoms with Crippen LogP contribution in [0.25, 0.3) is 0 Å². The lowest BCUT2D eigenvalue weighted by molar-refractivity contribution is -0.119. The van der Waals surface area contributed by atoms with Crippen molar-refractivity contribution in [3.05, 3.63) is 82.9 Å². The number of hydrogen-bond donors (Lipinski definition) is 1. The summed E-state index contributed by atoms with van der Waals surface area (Å²) in [5.41, 5.74) is 6.96. The SMILES string of the molecule is CC/C(=N/NC(=O)CN(c1cccc(C)c1C)S(=O)(=O)c1ccc(C)cc1)c1ccc(OC)c(OC)c1. The minimum Gasteiger partial charge on any atom is -0.493 e. The maximum Gasteiger partial charge on any atom is 0.264 e. The van der Waals surface area contributed by atoms with E-state index in [1.807, 2.05) is 39.8 Å². The van der Waals surface area contributed by atoms with Crippen molar-refractivity contribution in [2.24, 2.45) is 5.10 Å². The van der Waals surface area contributed by atoms with Crippen molar-refractivity contribution in [1.82, 2.24) is 5.43 Å². The molecular weight excluding hydrogens is 490 g/mol. The summed E-state index contributed by atoms with van der Waals surface area (Å²) >= 11 is 0. The molecule has 0 aliphatic rings. The van der Waals surface area contributed by atoms with Gasteiger partial charge < -0.3 is 9.47 Å². The molecule has 196 valence electrons. The summed E-state index contributed by atoms with van der Waals surface area (Å²) in [5.74, 6) is 0.553. The summed E-state index contributed by atoms with van der Waals surface area (Å²) in [6.45, 7) is 7.09. The molecule has 0 atom stereocenters. The van der Waals surface area contributed by atoms with E-state index in [4.69, 9.17) is 9.47 Å².